The topological polar surface area (TPSA) is 38.8 Å². The molecule has 3 atom stereocenters. The molecule has 1 aromatic rings. The van der Waals surface area contributed by atoms with Crippen molar-refractivity contribution in [3.63, 3.8) is 0 Å². The van der Waals surface area contributed by atoms with E-state index < -0.39 is 8.32 Å². The summed E-state index contributed by atoms with van der Waals surface area (Å²) in [6, 6.07) is 10.4. The maximum Gasteiger partial charge on any atom is 0.308 e. The van der Waals surface area contributed by atoms with Crippen molar-refractivity contribution in [2.24, 2.45) is 0 Å². The van der Waals surface area contributed by atoms with Gasteiger partial charge in [0.1, 0.15) is 0 Å². The molecule has 0 aromatic heterocycles. The summed E-state index contributed by atoms with van der Waals surface area (Å²) >= 11 is 0. The lowest BCUT2D eigenvalue weighted by Gasteiger charge is -2.37. The van der Waals surface area contributed by atoms with Crippen LogP contribution in [0, 0.1) is 0 Å². The second-order valence-corrected chi connectivity index (χ2v) is 11.0. The van der Waals surface area contributed by atoms with E-state index in [9.17, 15) is 4.79 Å². The lowest BCUT2D eigenvalue weighted by molar-refractivity contribution is -0.143. The minimum atomic E-state index is -2.26. The largest absolute Gasteiger partial charge is 0.466 e. The number of hydrogen-bond donors (Lipinski definition) is 0. The Morgan fingerprint density at radius 1 is 1.17 bits per heavy atom. The number of rotatable bonds is 8. The maximum absolute atomic E-state index is 12.1. The third-order valence-electron chi connectivity index (χ3n) is 4.49. The molecule has 0 aliphatic heterocycles. The minimum Gasteiger partial charge on any atom is -0.466 e. The molecule has 0 radical (unpaired) electrons. The fraction of sp³-hybridized carbons (Fsp3) is 0.611. The second-order valence-electron chi connectivity index (χ2n) is 6.73. The molecule has 130 valence electrons. The van der Waals surface area contributed by atoms with Crippen molar-refractivity contribution in [1.82, 2.24) is 4.90 Å². The van der Waals surface area contributed by atoms with Gasteiger partial charge in [-0.15, -0.1) is 0 Å². The zero-order valence-electron chi connectivity index (χ0n) is 15.5. The van der Waals surface area contributed by atoms with Crippen LogP contribution >= 0.6 is 0 Å². The zero-order chi connectivity index (χ0) is 17.6. The molecule has 0 bridgehead atoms. The van der Waals surface area contributed by atoms with Gasteiger partial charge in [0.05, 0.1) is 18.3 Å². The summed E-state index contributed by atoms with van der Waals surface area (Å²) in [6.07, 6.45) is -0.0651. The van der Waals surface area contributed by atoms with Crippen molar-refractivity contribution < 1.29 is 14.0 Å². The van der Waals surface area contributed by atoms with E-state index in [0.717, 1.165) is 5.56 Å². The Labute approximate surface area is 141 Å². The number of ether oxygens (including phenoxy) is 1. The smallest absolute Gasteiger partial charge is 0.308 e. The first-order chi connectivity index (χ1) is 10.7. The van der Waals surface area contributed by atoms with Crippen molar-refractivity contribution in [2.75, 3.05) is 20.7 Å². The first-order valence-corrected chi connectivity index (χ1v) is 11.2. The standard InChI is InChI=1S/C18H31NO3Si/c1-8-21-18(20)15(3)23(6,7)22-17(14(2)19(4)5)16-12-10-9-11-13-16/h9-15,17H,8H2,1-7H3/t14-,15?,17-/m0/s1. The molecule has 0 saturated heterocycles. The van der Waals surface area contributed by atoms with Crippen LogP contribution in [-0.2, 0) is 14.0 Å². The Morgan fingerprint density at radius 3 is 2.22 bits per heavy atom. The molecular formula is C18H31NO3Si. The Hall–Kier alpha value is -1.17. The summed E-state index contributed by atoms with van der Waals surface area (Å²) in [5.41, 5.74) is 0.938. The van der Waals surface area contributed by atoms with E-state index in [2.05, 4.69) is 37.1 Å². The summed E-state index contributed by atoms with van der Waals surface area (Å²) in [7, 11) is 1.84. The van der Waals surface area contributed by atoms with Crippen molar-refractivity contribution in [3.8, 4) is 0 Å². The minimum absolute atomic E-state index is 0.0651. The first-order valence-electron chi connectivity index (χ1n) is 8.26. The van der Waals surface area contributed by atoms with Crippen LogP contribution in [-0.4, -0.2) is 45.9 Å². The summed E-state index contributed by atoms with van der Waals surface area (Å²) in [5, 5.41) is 0. The Bertz CT molecular complexity index is 490. The highest BCUT2D eigenvalue weighted by molar-refractivity contribution is 6.75. The van der Waals surface area contributed by atoms with Gasteiger partial charge in [0.15, 0.2) is 0 Å². The van der Waals surface area contributed by atoms with Gasteiger partial charge >= 0.3 is 5.97 Å². The van der Waals surface area contributed by atoms with Gasteiger partial charge in [0, 0.05) is 6.04 Å². The van der Waals surface area contributed by atoms with Crippen LogP contribution in [0.15, 0.2) is 30.3 Å². The SMILES string of the molecule is CCOC(=O)C(C)[Si](C)(C)O[C@H](c1ccccc1)[C@H](C)N(C)C. The van der Waals surface area contributed by atoms with Crippen LogP contribution in [0.2, 0.25) is 18.6 Å². The monoisotopic (exact) mass is 337 g/mol. The highest BCUT2D eigenvalue weighted by Gasteiger charge is 2.40. The van der Waals surface area contributed by atoms with Crippen LogP contribution in [0.4, 0.5) is 0 Å². The van der Waals surface area contributed by atoms with Gasteiger partial charge in [0.25, 0.3) is 0 Å². The summed E-state index contributed by atoms with van der Waals surface area (Å²) in [5.74, 6) is -0.159. The van der Waals surface area contributed by atoms with Crippen LogP contribution in [0.5, 0.6) is 0 Å². The Balaban J connectivity index is 3.02. The third-order valence-corrected chi connectivity index (χ3v) is 7.68. The number of benzene rings is 1. The first kappa shape index (κ1) is 19.9. The van der Waals surface area contributed by atoms with E-state index in [1.165, 1.54) is 0 Å². The molecule has 0 heterocycles. The fourth-order valence-electron chi connectivity index (χ4n) is 2.34. The van der Waals surface area contributed by atoms with E-state index in [-0.39, 0.29) is 23.7 Å². The Kier molecular flexibility index (Phi) is 7.44. The number of nitrogens with zero attached hydrogens (tertiary/aromatic N) is 1. The average molecular weight is 338 g/mol. The lowest BCUT2D eigenvalue weighted by Crippen LogP contribution is -2.45. The molecule has 0 aliphatic rings. The van der Waals surface area contributed by atoms with Gasteiger partial charge in [-0.1, -0.05) is 37.3 Å². The number of esters is 1. The van der Waals surface area contributed by atoms with Crippen LogP contribution in [0.3, 0.4) is 0 Å². The fourth-order valence-corrected chi connectivity index (χ4v) is 4.18. The Morgan fingerprint density at radius 2 is 1.74 bits per heavy atom. The van der Waals surface area contributed by atoms with Crippen LogP contribution in [0.1, 0.15) is 32.4 Å². The molecular weight excluding hydrogens is 306 g/mol. The molecule has 0 aliphatic carbocycles. The van der Waals surface area contributed by atoms with Crippen molar-refractivity contribution >= 4 is 14.3 Å². The molecule has 4 nitrogen and oxygen atoms in total. The summed E-state index contributed by atoms with van der Waals surface area (Å²) in [4.78, 5) is 14.3. The number of carbonyl (C=O) groups excluding carboxylic acids is 1. The number of carbonyl (C=O) groups is 1. The molecule has 5 heteroatoms. The van der Waals surface area contributed by atoms with E-state index >= 15 is 0 Å². The molecule has 1 unspecified atom stereocenters. The van der Waals surface area contributed by atoms with E-state index in [0.29, 0.717) is 6.61 Å². The molecule has 1 aromatic carbocycles. The quantitative estimate of drug-likeness (QED) is 0.533. The number of likely N-dealkylation sites (N-methyl/N-ethyl adjacent to an activating group) is 1. The molecule has 0 amide bonds. The lowest BCUT2D eigenvalue weighted by atomic mass is 10.0. The number of hydrogen-bond acceptors (Lipinski definition) is 4. The van der Waals surface area contributed by atoms with E-state index in [4.69, 9.17) is 9.16 Å². The summed E-state index contributed by atoms with van der Waals surface area (Å²) < 4.78 is 11.8. The maximum atomic E-state index is 12.1. The van der Waals surface area contributed by atoms with Crippen LogP contribution in [0.25, 0.3) is 0 Å². The van der Waals surface area contributed by atoms with Gasteiger partial charge < -0.3 is 14.1 Å². The molecule has 0 spiro atoms. The molecule has 0 saturated carbocycles. The zero-order valence-corrected chi connectivity index (χ0v) is 16.5. The van der Waals surface area contributed by atoms with Crippen molar-refractivity contribution in [3.05, 3.63) is 35.9 Å². The second kappa shape index (κ2) is 8.62. The van der Waals surface area contributed by atoms with Gasteiger partial charge in [-0.25, -0.2) is 0 Å². The molecule has 0 N–H and O–H groups in total. The predicted octanol–water partition coefficient (Wildman–Crippen LogP) is 3.85. The van der Waals surface area contributed by atoms with E-state index in [1.807, 2.05) is 46.1 Å². The van der Waals surface area contributed by atoms with Gasteiger partial charge in [-0.05, 0) is 46.6 Å². The van der Waals surface area contributed by atoms with E-state index in [1.54, 1.807) is 0 Å². The highest BCUT2D eigenvalue weighted by Crippen LogP contribution is 2.33. The van der Waals surface area contributed by atoms with Crippen LogP contribution < -0.4 is 0 Å². The molecule has 1 rings (SSSR count). The van der Waals surface area contributed by atoms with Crippen molar-refractivity contribution in [1.29, 1.82) is 0 Å². The molecule has 0 fully saturated rings. The highest BCUT2D eigenvalue weighted by atomic mass is 28.4. The van der Waals surface area contributed by atoms with Crippen molar-refractivity contribution in [2.45, 2.75) is 51.6 Å². The average Bonchev–Trinajstić information content (AvgIpc) is 2.52. The van der Waals surface area contributed by atoms with Gasteiger partial charge in [-0.2, -0.15) is 0 Å². The summed E-state index contributed by atoms with van der Waals surface area (Å²) in [6.45, 7) is 10.5. The molecule has 23 heavy (non-hydrogen) atoms. The predicted molar refractivity (Wildman–Crippen MR) is 97.0 cm³/mol. The van der Waals surface area contributed by atoms with Gasteiger partial charge in [-0.3, -0.25) is 4.79 Å². The van der Waals surface area contributed by atoms with Gasteiger partial charge in [0.2, 0.25) is 8.32 Å². The third kappa shape index (κ3) is 5.44. The normalized spacial score (nSPS) is 16.0.